The number of nitrogens with zero attached hydrogens (tertiary/aromatic N) is 3. The van der Waals surface area contributed by atoms with E-state index in [0.29, 0.717) is 12.5 Å². The largest absolute Gasteiger partial charge is 0.394 e. The Morgan fingerprint density at radius 3 is 2.79 bits per heavy atom. The van der Waals surface area contributed by atoms with E-state index < -0.39 is 0 Å². The van der Waals surface area contributed by atoms with Gasteiger partial charge in [-0.3, -0.25) is 9.58 Å². The number of piperidine rings is 1. The van der Waals surface area contributed by atoms with E-state index in [1.54, 1.807) is 0 Å². The minimum absolute atomic E-state index is 0.152. The van der Waals surface area contributed by atoms with Gasteiger partial charge < -0.3 is 5.11 Å². The molecule has 0 spiro atoms. The first-order chi connectivity index (χ1) is 11.8. The van der Waals surface area contributed by atoms with E-state index in [-0.39, 0.29) is 6.61 Å². The molecule has 1 N–H and O–H groups in total. The quantitative estimate of drug-likeness (QED) is 0.772. The van der Waals surface area contributed by atoms with Crippen LogP contribution in [0.1, 0.15) is 29.3 Å². The number of aromatic nitrogens is 2. The lowest BCUT2D eigenvalue weighted by Gasteiger charge is -2.31. The summed E-state index contributed by atoms with van der Waals surface area (Å²) in [5.74, 6) is 0.567. The number of likely N-dealkylation sites (tertiary alicyclic amines) is 1. The van der Waals surface area contributed by atoms with Crippen molar-refractivity contribution in [1.82, 2.24) is 14.7 Å². The molecule has 0 atom stereocenters. The smallest absolute Gasteiger partial charge is 0.0644 e. The molecular weight excluding hydrogens is 318 g/mol. The highest BCUT2D eigenvalue weighted by Crippen LogP contribution is 2.31. The number of aliphatic hydroxyl groups excluding tert-OH is 1. The van der Waals surface area contributed by atoms with Crippen molar-refractivity contribution in [2.24, 2.45) is 0 Å². The van der Waals surface area contributed by atoms with Gasteiger partial charge in [0.05, 0.1) is 13.2 Å². The van der Waals surface area contributed by atoms with E-state index in [4.69, 9.17) is 5.11 Å². The molecule has 1 aromatic carbocycles. The van der Waals surface area contributed by atoms with E-state index in [2.05, 4.69) is 46.4 Å². The molecule has 0 saturated carbocycles. The third-order valence-corrected chi connectivity index (χ3v) is 6.02. The molecule has 5 heteroatoms. The van der Waals surface area contributed by atoms with Crippen molar-refractivity contribution in [2.45, 2.75) is 31.8 Å². The summed E-state index contributed by atoms with van der Waals surface area (Å²) in [6.45, 7) is 4.07. The molecule has 0 amide bonds. The van der Waals surface area contributed by atoms with Crippen molar-refractivity contribution < 1.29 is 5.11 Å². The molecule has 1 fully saturated rings. The molecule has 24 heavy (non-hydrogen) atoms. The van der Waals surface area contributed by atoms with Crippen molar-refractivity contribution in [3.8, 4) is 0 Å². The molecule has 1 aliphatic heterocycles. The first-order valence-corrected chi connectivity index (χ1v) is 9.47. The second kappa shape index (κ2) is 7.05. The van der Waals surface area contributed by atoms with Crippen LogP contribution in [-0.2, 0) is 13.1 Å². The molecule has 1 aliphatic rings. The molecule has 1 saturated heterocycles. The van der Waals surface area contributed by atoms with Gasteiger partial charge in [0.15, 0.2) is 0 Å². The summed E-state index contributed by atoms with van der Waals surface area (Å²) in [6.07, 6.45) is 4.19. The van der Waals surface area contributed by atoms with Crippen molar-refractivity contribution in [3.05, 3.63) is 53.2 Å². The maximum Gasteiger partial charge on any atom is 0.0644 e. The van der Waals surface area contributed by atoms with Crippen LogP contribution in [0.4, 0.5) is 0 Å². The Bertz CT molecular complexity index is 769. The average molecular weight is 341 g/mol. The van der Waals surface area contributed by atoms with Gasteiger partial charge in [0.25, 0.3) is 0 Å². The number of thiophene rings is 1. The summed E-state index contributed by atoms with van der Waals surface area (Å²) >= 11 is 1.91. The highest BCUT2D eigenvalue weighted by molar-refractivity contribution is 7.19. The zero-order valence-corrected chi connectivity index (χ0v) is 14.6. The fraction of sp³-hybridized carbons (Fsp3) is 0.421. The van der Waals surface area contributed by atoms with E-state index in [0.717, 1.165) is 19.6 Å². The monoisotopic (exact) mass is 341 g/mol. The van der Waals surface area contributed by atoms with E-state index in [1.165, 1.54) is 33.5 Å². The Balaban J connectivity index is 1.38. The fourth-order valence-electron chi connectivity index (χ4n) is 3.69. The molecule has 3 aromatic rings. The van der Waals surface area contributed by atoms with Crippen LogP contribution < -0.4 is 0 Å². The number of hydrogen-bond donors (Lipinski definition) is 1. The lowest BCUT2D eigenvalue weighted by molar-refractivity contribution is 0.200. The topological polar surface area (TPSA) is 41.3 Å². The first kappa shape index (κ1) is 15.8. The molecule has 0 unspecified atom stereocenters. The Morgan fingerprint density at radius 2 is 2.00 bits per heavy atom. The molecule has 0 bridgehead atoms. The van der Waals surface area contributed by atoms with Gasteiger partial charge in [0.1, 0.15) is 0 Å². The Kier molecular flexibility index (Phi) is 4.65. The van der Waals surface area contributed by atoms with Crippen LogP contribution in [0.5, 0.6) is 0 Å². The van der Waals surface area contributed by atoms with E-state index >= 15 is 0 Å². The zero-order chi connectivity index (χ0) is 16.4. The number of aliphatic hydroxyl groups is 1. The van der Waals surface area contributed by atoms with Gasteiger partial charge in [0, 0.05) is 33.9 Å². The lowest BCUT2D eigenvalue weighted by Crippen LogP contribution is -2.33. The maximum absolute atomic E-state index is 9.16. The van der Waals surface area contributed by atoms with Gasteiger partial charge in [-0.1, -0.05) is 18.2 Å². The molecule has 2 aromatic heterocycles. The maximum atomic E-state index is 9.16. The van der Waals surface area contributed by atoms with E-state index in [9.17, 15) is 0 Å². The van der Waals surface area contributed by atoms with Gasteiger partial charge >= 0.3 is 0 Å². The van der Waals surface area contributed by atoms with Gasteiger partial charge in [-0.15, -0.1) is 11.3 Å². The molecule has 4 nitrogen and oxygen atoms in total. The van der Waals surface area contributed by atoms with Crippen molar-refractivity contribution in [2.75, 3.05) is 19.7 Å². The van der Waals surface area contributed by atoms with Crippen LogP contribution in [0.3, 0.4) is 0 Å². The third kappa shape index (κ3) is 3.24. The SMILES string of the molecule is OCCn1nccc1C1CCN(Cc2cc3ccccc3s2)CC1. The van der Waals surface area contributed by atoms with Crippen LogP contribution in [0.15, 0.2) is 42.6 Å². The molecule has 126 valence electrons. The Hall–Kier alpha value is -1.69. The lowest BCUT2D eigenvalue weighted by atomic mass is 9.93. The summed E-state index contributed by atoms with van der Waals surface area (Å²) in [6, 6.07) is 13.1. The standard InChI is InChI=1S/C19H23N3OS/c23-12-11-22-18(5-8-20-22)15-6-9-21(10-7-15)14-17-13-16-3-1-2-4-19(16)24-17/h1-5,8,13,15,23H,6-7,9-12,14H2. The van der Waals surface area contributed by atoms with Crippen LogP contribution in [0, 0.1) is 0 Å². The van der Waals surface area contributed by atoms with Gasteiger partial charge in [-0.2, -0.15) is 5.10 Å². The predicted octanol–water partition coefficient (Wildman–Crippen LogP) is 3.47. The molecule has 0 radical (unpaired) electrons. The molecular formula is C19H23N3OS. The van der Waals surface area contributed by atoms with Gasteiger partial charge in [-0.05, 0) is 49.5 Å². The normalized spacial score (nSPS) is 16.9. The summed E-state index contributed by atoms with van der Waals surface area (Å²) in [5.41, 5.74) is 1.28. The minimum Gasteiger partial charge on any atom is -0.394 e. The minimum atomic E-state index is 0.152. The van der Waals surface area contributed by atoms with Crippen molar-refractivity contribution in [1.29, 1.82) is 0 Å². The number of rotatable bonds is 5. The summed E-state index contributed by atoms with van der Waals surface area (Å²) in [5, 5.41) is 14.9. The summed E-state index contributed by atoms with van der Waals surface area (Å²) < 4.78 is 3.35. The van der Waals surface area contributed by atoms with E-state index in [1.807, 2.05) is 22.2 Å². The fourth-order valence-corrected chi connectivity index (χ4v) is 4.80. The van der Waals surface area contributed by atoms with Crippen molar-refractivity contribution >= 4 is 21.4 Å². The summed E-state index contributed by atoms with van der Waals surface area (Å²) in [7, 11) is 0. The Morgan fingerprint density at radius 1 is 1.17 bits per heavy atom. The number of fused-ring (bicyclic) bond motifs is 1. The number of hydrogen-bond acceptors (Lipinski definition) is 4. The Labute approximate surface area is 146 Å². The van der Waals surface area contributed by atoms with Crippen LogP contribution in [0.2, 0.25) is 0 Å². The molecule has 4 rings (SSSR count). The zero-order valence-electron chi connectivity index (χ0n) is 13.8. The molecule has 3 heterocycles. The first-order valence-electron chi connectivity index (χ1n) is 8.66. The van der Waals surface area contributed by atoms with Crippen molar-refractivity contribution in [3.63, 3.8) is 0 Å². The van der Waals surface area contributed by atoms with Gasteiger partial charge in [0.2, 0.25) is 0 Å². The average Bonchev–Trinajstić information content (AvgIpc) is 3.22. The van der Waals surface area contributed by atoms with Gasteiger partial charge in [-0.25, -0.2) is 0 Å². The second-order valence-electron chi connectivity index (χ2n) is 6.50. The summed E-state index contributed by atoms with van der Waals surface area (Å²) in [4.78, 5) is 4.02. The van der Waals surface area contributed by atoms with Crippen LogP contribution >= 0.6 is 11.3 Å². The number of benzene rings is 1. The highest BCUT2D eigenvalue weighted by Gasteiger charge is 2.23. The second-order valence-corrected chi connectivity index (χ2v) is 7.67. The molecule has 0 aliphatic carbocycles. The third-order valence-electron chi connectivity index (χ3n) is 4.92. The van der Waals surface area contributed by atoms with Crippen LogP contribution in [-0.4, -0.2) is 39.5 Å². The van der Waals surface area contributed by atoms with Crippen LogP contribution in [0.25, 0.3) is 10.1 Å². The highest BCUT2D eigenvalue weighted by atomic mass is 32.1. The predicted molar refractivity (Wildman–Crippen MR) is 98.4 cm³/mol.